The molecule has 0 atom stereocenters. The molecule has 0 aromatic rings. The number of nitrogens with zero attached hydrogens (tertiary/aromatic N) is 4. The van der Waals surface area contributed by atoms with Gasteiger partial charge in [0.1, 0.15) is 0 Å². The van der Waals surface area contributed by atoms with Crippen molar-refractivity contribution in [3.63, 3.8) is 0 Å². The predicted molar refractivity (Wildman–Crippen MR) is 38.8 cm³/mol. The first-order chi connectivity index (χ1) is 6.24. The molecule has 0 unspecified atom stereocenters. The monoisotopic (exact) mass is 198 g/mol. The lowest BCUT2D eigenvalue weighted by molar-refractivity contribution is 0.460. The smallest absolute Gasteiger partial charge is 0.389 e. The van der Waals surface area contributed by atoms with E-state index in [0.717, 1.165) is 24.3 Å². The van der Waals surface area contributed by atoms with Crippen LogP contribution in [0.25, 0.3) is 0 Å². The summed E-state index contributed by atoms with van der Waals surface area (Å²) in [5, 5.41) is 0. The summed E-state index contributed by atoms with van der Waals surface area (Å²) in [5.74, 6) is -2.49. The van der Waals surface area contributed by atoms with E-state index in [4.69, 9.17) is 0 Å². The molecule has 2 N–H and O–H groups in total. The van der Waals surface area contributed by atoms with E-state index in [1.807, 2.05) is 0 Å². The van der Waals surface area contributed by atoms with Crippen molar-refractivity contribution in [3.8, 4) is 0 Å². The maximum Gasteiger partial charge on any atom is 0.389 e. The molecule has 0 amide bonds. The van der Waals surface area contributed by atoms with E-state index in [1.165, 1.54) is 0 Å². The van der Waals surface area contributed by atoms with Gasteiger partial charge in [-0.1, -0.05) is 0 Å². The summed E-state index contributed by atoms with van der Waals surface area (Å²) in [5.41, 5.74) is 0. The van der Waals surface area contributed by atoms with Crippen molar-refractivity contribution in [1.82, 2.24) is 0 Å². The maximum atomic E-state index is 9.78. The highest BCUT2D eigenvalue weighted by atomic mass is 16.1. The molecule has 0 spiro atoms. The minimum atomic E-state index is -2.49. The summed E-state index contributed by atoms with van der Waals surface area (Å²) < 4.78 is 0. The minimum absolute atomic E-state index is 0. The van der Waals surface area contributed by atoms with Crippen LogP contribution in [-0.4, -0.2) is 35.7 Å². The number of hydrogen-bond acceptors (Lipinski definition) is 8. The summed E-state index contributed by atoms with van der Waals surface area (Å²) in [6.45, 7) is 0. The zero-order valence-electron chi connectivity index (χ0n) is 6.42. The standard InChI is InChI=1S/C5N4O4.H2O/c10-1-6-5(7-2-11,8-3-12)9-4-13;/h;1H2. The Hall–Kier alpha value is -2.52. The van der Waals surface area contributed by atoms with Crippen LogP contribution in [0, 0.1) is 0 Å². The summed E-state index contributed by atoms with van der Waals surface area (Å²) >= 11 is 0. The van der Waals surface area contributed by atoms with Crippen LogP contribution in [0.15, 0.2) is 20.0 Å². The second-order valence-electron chi connectivity index (χ2n) is 1.41. The lowest BCUT2D eigenvalue weighted by Gasteiger charge is -2.03. The molecule has 0 aliphatic heterocycles. The first kappa shape index (κ1) is 14.0. The lowest BCUT2D eigenvalue weighted by atomic mass is 10.7. The van der Waals surface area contributed by atoms with Gasteiger partial charge in [-0.2, -0.15) is 0 Å². The van der Waals surface area contributed by atoms with Gasteiger partial charge in [-0.3, -0.25) is 0 Å². The Balaban J connectivity index is 0. The molecule has 9 heteroatoms. The first-order valence-electron chi connectivity index (χ1n) is 2.61. The third-order valence-corrected chi connectivity index (χ3v) is 0.783. The van der Waals surface area contributed by atoms with Gasteiger partial charge in [0.05, 0.1) is 0 Å². The Morgan fingerprint density at radius 2 is 0.857 bits per heavy atom. The van der Waals surface area contributed by atoms with Gasteiger partial charge >= 0.3 is 5.91 Å². The topological polar surface area (TPSA) is 149 Å². The van der Waals surface area contributed by atoms with Crippen molar-refractivity contribution < 1.29 is 24.7 Å². The van der Waals surface area contributed by atoms with Crippen molar-refractivity contribution in [2.45, 2.75) is 5.91 Å². The van der Waals surface area contributed by atoms with Crippen LogP contribution in [0.2, 0.25) is 0 Å². The highest BCUT2D eigenvalue weighted by molar-refractivity contribution is 5.45. The summed E-state index contributed by atoms with van der Waals surface area (Å²) in [6.07, 6.45) is 3.68. The molecule has 0 saturated heterocycles. The second kappa shape index (κ2) is 7.15. The summed E-state index contributed by atoms with van der Waals surface area (Å²) in [7, 11) is 0. The molecule has 0 aliphatic rings. The third kappa shape index (κ3) is 3.75. The number of carbonyl (C=O) groups excluding carboxylic acids is 4. The number of aliphatic imine (C=N–C) groups is 4. The normalized spacial score (nSPS) is 10.9. The van der Waals surface area contributed by atoms with Crippen molar-refractivity contribution in [1.29, 1.82) is 0 Å². The molecule has 0 bridgehead atoms. The van der Waals surface area contributed by atoms with Crippen LogP contribution in [0.4, 0.5) is 0 Å². The van der Waals surface area contributed by atoms with Gasteiger partial charge in [0.15, 0.2) is 0 Å². The molecule has 9 nitrogen and oxygen atoms in total. The number of rotatable bonds is 4. The van der Waals surface area contributed by atoms with Gasteiger partial charge in [0, 0.05) is 0 Å². The SMILES string of the molecule is O.O=C=NC(N=C=O)(N=C=O)N=C=O. The number of isocyanates is 4. The van der Waals surface area contributed by atoms with Gasteiger partial charge in [-0.05, 0) is 0 Å². The molecular weight excluding hydrogens is 196 g/mol. The average Bonchev–Trinajstić information content (AvgIpc) is 2.06. The molecular formula is C5H2N4O5. The Labute approximate surface area is 75.9 Å². The van der Waals surface area contributed by atoms with E-state index in [0.29, 0.717) is 0 Å². The molecule has 0 rings (SSSR count). The minimum Gasteiger partial charge on any atom is -0.412 e. The van der Waals surface area contributed by atoms with Crippen molar-refractivity contribution in [2.75, 3.05) is 0 Å². The zero-order chi connectivity index (χ0) is 10.2. The van der Waals surface area contributed by atoms with Crippen molar-refractivity contribution in [3.05, 3.63) is 0 Å². The first-order valence-corrected chi connectivity index (χ1v) is 2.61. The average molecular weight is 198 g/mol. The van der Waals surface area contributed by atoms with E-state index in [-0.39, 0.29) is 5.48 Å². The van der Waals surface area contributed by atoms with Gasteiger partial charge in [-0.25, -0.2) is 19.2 Å². The van der Waals surface area contributed by atoms with Crippen LogP contribution in [-0.2, 0) is 19.2 Å². The highest BCUT2D eigenvalue weighted by Gasteiger charge is 2.28. The molecule has 0 fully saturated rings. The van der Waals surface area contributed by atoms with Gasteiger partial charge < -0.3 is 5.48 Å². The van der Waals surface area contributed by atoms with Gasteiger partial charge in [0.2, 0.25) is 24.3 Å². The lowest BCUT2D eigenvalue weighted by Crippen LogP contribution is -2.16. The molecule has 0 aliphatic carbocycles. The fraction of sp³-hybridized carbons (Fsp3) is 0.200. The van der Waals surface area contributed by atoms with E-state index in [9.17, 15) is 19.2 Å². The zero-order valence-corrected chi connectivity index (χ0v) is 6.42. The Bertz CT molecular complexity index is 301. The largest absolute Gasteiger partial charge is 0.412 e. The third-order valence-electron chi connectivity index (χ3n) is 0.783. The molecule has 0 aromatic carbocycles. The predicted octanol–water partition coefficient (Wildman–Crippen LogP) is -1.88. The number of hydrogen-bond donors (Lipinski definition) is 0. The van der Waals surface area contributed by atoms with E-state index < -0.39 is 5.91 Å². The fourth-order valence-electron chi connectivity index (χ4n) is 0.395. The van der Waals surface area contributed by atoms with Crippen LogP contribution >= 0.6 is 0 Å². The quantitative estimate of drug-likeness (QED) is 0.383. The molecule has 14 heavy (non-hydrogen) atoms. The van der Waals surface area contributed by atoms with E-state index >= 15 is 0 Å². The maximum absolute atomic E-state index is 9.78. The molecule has 72 valence electrons. The van der Waals surface area contributed by atoms with Crippen LogP contribution in [0.3, 0.4) is 0 Å². The second-order valence-corrected chi connectivity index (χ2v) is 1.41. The van der Waals surface area contributed by atoms with Crippen molar-refractivity contribution >= 4 is 24.3 Å². The van der Waals surface area contributed by atoms with Crippen LogP contribution in [0.5, 0.6) is 0 Å². The van der Waals surface area contributed by atoms with Gasteiger partial charge in [0.25, 0.3) is 0 Å². The Morgan fingerprint density at radius 1 is 0.643 bits per heavy atom. The summed E-state index contributed by atoms with van der Waals surface area (Å²) in [4.78, 5) is 50.1. The Kier molecular flexibility index (Phi) is 7.16. The van der Waals surface area contributed by atoms with Gasteiger partial charge in [-0.15, -0.1) is 20.0 Å². The van der Waals surface area contributed by atoms with E-state index in [1.54, 1.807) is 0 Å². The molecule has 0 radical (unpaired) electrons. The van der Waals surface area contributed by atoms with Crippen LogP contribution in [0.1, 0.15) is 0 Å². The summed E-state index contributed by atoms with van der Waals surface area (Å²) in [6, 6.07) is 0. The molecule has 0 aromatic heterocycles. The molecule has 0 heterocycles. The highest BCUT2D eigenvalue weighted by Crippen LogP contribution is 2.13. The Morgan fingerprint density at radius 3 is 1.00 bits per heavy atom. The van der Waals surface area contributed by atoms with Crippen LogP contribution < -0.4 is 0 Å². The molecule has 0 saturated carbocycles. The fourth-order valence-corrected chi connectivity index (χ4v) is 0.395. The van der Waals surface area contributed by atoms with Crippen molar-refractivity contribution in [2.24, 2.45) is 20.0 Å². The van der Waals surface area contributed by atoms with E-state index in [2.05, 4.69) is 20.0 Å².